The van der Waals surface area contributed by atoms with Crippen LogP contribution < -0.4 is 0 Å². The number of hydrogen-bond acceptors (Lipinski definition) is 6. The van der Waals surface area contributed by atoms with Gasteiger partial charge in [0.05, 0.1) is 23.1 Å². The van der Waals surface area contributed by atoms with Gasteiger partial charge in [-0.05, 0) is 50.8 Å². The smallest absolute Gasteiger partial charge is 0.226 e. The van der Waals surface area contributed by atoms with Crippen LogP contribution in [-0.4, -0.2) is 45.8 Å². The molecular weight excluding hydrogens is 452 g/mol. The SMILES string of the molecule is C=CCO[C@H](C)c1nc2c(S(=O)(=O)c3ccccc3)nc3[nH]ccc3c2n1C1CCC(O)CC1. The number of hydrogen-bond donors (Lipinski definition) is 2. The number of nitrogens with zero attached hydrogens (tertiary/aromatic N) is 3. The van der Waals surface area contributed by atoms with Gasteiger partial charge in [-0.25, -0.2) is 18.4 Å². The van der Waals surface area contributed by atoms with Crippen molar-refractivity contribution in [2.24, 2.45) is 0 Å². The zero-order valence-electron chi connectivity index (χ0n) is 19.0. The molecule has 9 heteroatoms. The normalized spacial score (nSPS) is 20.1. The summed E-state index contributed by atoms with van der Waals surface area (Å²) in [6.45, 7) is 5.99. The van der Waals surface area contributed by atoms with Crippen LogP contribution in [0, 0.1) is 0 Å². The van der Waals surface area contributed by atoms with Crippen LogP contribution in [0.25, 0.3) is 22.1 Å². The van der Waals surface area contributed by atoms with Gasteiger partial charge in [0.1, 0.15) is 23.1 Å². The second-order valence-corrected chi connectivity index (χ2v) is 10.6. The summed E-state index contributed by atoms with van der Waals surface area (Å²) in [5.41, 5.74) is 1.56. The number of benzene rings is 1. The molecule has 3 aromatic heterocycles. The third kappa shape index (κ3) is 3.83. The van der Waals surface area contributed by atoms with Gasteiger partial charge in [-0.15, -0.1) is 6.58 Å². The minimum Gasteiger partial charge on any atom is -0.393 e. The van der Waals surface area contributed by atoms with Crippen LogP contribution in [-0.2, 0) is 14.6 Å². The Balaban J connectivity index is 1.81. The minimum atomic E-state index is -3.92. The van der Waals surface area contributed by atoms with E-state index in [1.165, 1.54) is 0 Å². The van der Waals surface area contributed by atoms with Crippen molar-refractivity contribution < 1.29 is 18.3 Å². The van der Waals surface area contributed by atoms with Crippen LogP contribution in [0.4, 0.5) is 0 Å². The van der Waals surface area contributed by atoms with E-state index in [9.17, 15) is 13.5 Å². The summed E-state index contributed by atoms with van der Waals surface area (Å²) in [6.07, 6.45) is 5.63. The molecule has 0 amide bonds. The Hall–Kier alpha value is -3.01. The van der Waals surface area contributed by atoms with Crippen molar-refractivity contribution in [2.75, 3.05) is 6.61 Å². The number of aromatic nitrogens is 4. The Morgan fingerprint density at radius 2 is 1.94 bits per heavy atom. The molecule has 2 N–H and O–H groups in total. The van der Waals surface area contributed by atoms with E-state index in [1.54, 1.807) is 42.6 Å². The number of aliphatic hydroxyl groups excluding tert-OH is 1. The van der Waals surface area contributed by atoms with Crippen LogP contribution in [0.1, 0.15) is 50.6 Å². The van der Waals surface area contributed by atoms with E-state index in [0.717, 1.165) is 23.7 Å². The molecule has 1 aliphatic carbocycles. The van der Waals surface area contributed by atoms with Gasteiger partial charge >= 0.3 is 0 Å². The number of aromatic amines is 1. The standard InChI is InChI=1S/C25H28N4O4S/c1-3-15-33-16(2)24-27-21-22(29(24)17-9-11-18(30)12-10-17)20-13-14-26-23(20)28-25(21)34(31,32)19-7-5-4-6-8-19/h3-8,13-14,16-18,30H,1,9-12,15H2,2H3,(H,26,28)/t16-,17?,18?/m1/s1. The molecule has 0 saturated heterocycles. The Labute approximate surface area is 198 Å². The lowest BCUT2D eigenvalue weighted by Gasteiger charge is -2.29. The molecule has 0 spiro atoms. The van der Waals surface area contributed by atoms with Crippen molar-refractivity contribution in [3.63, 3.8) is 0 Å². The summed E-state index contributed by atoms with van der Waals surface area (Å²) in [5.74, 6) is 0.651. The summed E-state index contributed by atoms with van der Waals surface area (Å²) in [7, 11) is -3.92. The number of fused-ring (bicyclic) bond motifs is 3. The molecule has 3 heterocycles. The number of rotatable bonds is 7. The molecule has 1 atom stereocenters. The van der Waals surface area contributed by atoms with E-state index in [1.807, 2.05) is 13.0 Å². The van der Waals surface area contributed by atoms with Crippen molar-refractivity contribution >= 4 is 31.9 Å². The fraction of sp³-hybridized carbons (Fsp3) is 0.360. The molecule has 0 bridgehead atoms. The highest BCUT2D eigenvalue weighted by Crippen LogP contribution is 2.39. The summed E-state index contributed by atoms with van der Waals surface area (Å²) < 4.78 is 35.4. The predicted molar refractivity (Wildman–Crippen MR) is 129 cm³/mol. The van der Waals surface area contributed by atoms with E-state index in [4.69, 9.17) is 9.72 Å². The molecule has 5 rings (SSSR count). The van der Waals surface area contributed by atoms with Crippen molar-refractivity contribution in [3.8, 4) is 0 Å². The van der Waals surface area contributed by atoms with Gasteiger partial charge in [0.25, 0.3) is 0 Å². The average Bonchev–Trinajstić information content (AvgIpc) is 3.47. The molecule has 1 saturated carbocycles. The molecule has 0 aliphatic heterocycles. The monoisotopic (exact) mass is 480 g/mol. The highest BCUT2D eigenvalue weighted by molar-refractivity contribution is 7.91. The first-order valence-corrected chi connectivity index (χ1v) is 13.0. The van der Waals surface area contributed by atoms with Gasteiger partial charge in [0, 0.05) is 17.6 Å². The Morgan fingerprint density at radius 1 is 1.21 bits per heavy atom. The Morgan fingerprint density at radius 3 is 2.65 bits per heavy atom. The molecule has 8 nitrogen and oxygen atoms in total. The number of ether oxygens (including phenoxy) is 1. The number of pyridine rings is 1. The van der Waals surface area contributed by atoms with Gasteiger partial charge in [-0.1, -0.05) is 24.3 Å². The van der Waals surface area contributed by atoms with Crippen LogP contribution in [0.15, 0.2) is 65.2 Å². The summed E-state index contributed by atoms with van der Waals surface area (Å²) in [4.78, 5) is 12.6. The first-order chi connectivity index (χ1) is 16.4. The van der Waals surface area contributed by atoms with Gasteiger partial charge in [-0.3, -0.25) is 0 Å². The predicted octanol–water partition coefficient (Wildman–Crippen LogP) is 4.49. The maximum Gasteiger partial charge on any atom is 0.226 e. The van der Waals surface area contributed by atoms with E-state index in [0.29, 0.717) is 36.4 Å². The Kier molecular flexibility index (Phi) is 6.01. The van der Waals surface area contributed by atoms with Crippen LogP contribution in [0.2, 0.25) is 0 Å². The fourth-order valence-corrected chi connectivity index (χ4v) is 6.16. The molecule has 1 aromatic carbocycles. The lowest BCUT2D eigenvalue weighted by molar-refractivity contribution is 0.0732. The van der Waals surface area contributed by atoms with Crippen molar-refractivity contribution in [2.45, 2.75) is 60.8 Å². The lowest BCUT2D eigenvalue weighted by atomic mass is 9.92. The molecule has 0 unspecified atom stereocenters. The maximum atomic E-state index is 13.7. The van der Waals surface area contributed by atoms with Gasteiger partial charge in [0.2, 0.25) is 9.84 Å². The third-order valence-corrected chi connectivity index (χ3v) is 8.19. The quantitative estimate of drug-likeness (QED) is 0.377. The van der Waals surface area contributed by atoms with Gasteiger partial charge < -0.3 is 19.4 Å². The third-order valence-electron chi connectivity index (χ3n) is 6.50. The van der Waals surface area contributed by atoms with E-state index in [-0.39, 0.29) is 22.1 Å². The highest BCUT2D eigenvalue weighted by Gasteiger charge is 2.32. The molecule has 178 valence electrons. The molecule has 4 aromatic rings. The molecule has 34 heavy (non-hydrogen) atoms. The van der Waals surface area contributed by atoms with Crippen molar-refractivity contribution in [1.29, 1.82) is 0 Å². The second-order valence-electron chi connectivity index (χ2n) is 8.74. The van der Waals surface area contributed by atoms with Gasteiger partial charge in [0.15, 0.2) is 5.03 Å². The number of imidazole rings is 1. The van der Waals surface area contributed by atoms with E-state index >= 15 is 0 Å². The van der Waals surface area contributed by atoms with Crippen LogP contribution in [0.5, 0.6) is 0 Å². The number of H-pyrrole nitrogens is 1. The number of sulfone groups is 1. The fourth-order valence-electron chi connectivity index (χ4n) is 4.81. The summed E-state index contributed by atoms with van der Waals surface area (Å²) in [5, 5.41) is 10.8. The van der Waals surface area contributed by atoms with Crippen molar-refractivity contribution in [1.82, 2.24) is 19.5 Å². The lowest BCUT2D eigenvalue weighted by Crippen LogP contribution is -2.23. The number of nitrogens with one attached hydrogen (secondary N) is 1. The molecule has 0 radical (unpaired) electrons. The first kappa shape index (κ1) is 22.8. The van der Waals surface area contributed by atoms with Crippen molar-refractivity contribution in [3.05, 3.63) is 61.1 Å². The first-order valence-electron chi connectivity index (χ1n) is 11.5. The summed E-state index contributed by atoms with van der Waals surface area (Å²) in [6, 6.07) is 10.3. The van der Waals surface area contributed by atoms with E-state index in [2.05, 4.69) is 21.1 Å². The zero-order valence-corrected chi connectivity index (χ0v) is 19.8. The van der Waals surface area contributed by atoms with Crippen LogP contribution >= 0.6 is 0 Å². The van der Waals surface area contributed by atoms with Crippen LogP contribution in [0.3, 0.4) is 0 Å². The molecular formula is C25H28N4O4S. The number of aliphatic hydroxyl groups is 1. The second kappa shape index (κ2) is 8.98. The average molecular weight is 481 g/mol. The Bertz CT molecular complexity index is 1430. The highest BCUT2D eigenvalue weighted by atomic mass is 32.2. The largest absolute Gasteiger partial charge is 0.393 e. The summed E-state index contributed by atoms with van der Waals surface area (Å²) >= 11 is 0. The molecule has 1 fully saturated rings. The maximum absolute atomic E-state index is 13.7. The topological polar surface area (TPSA) is 110 Å². The van der Waals surface area contributed by atoms with Gasteiger partial charge in [-0.2, -0.15) is 0 Å². The van der Waals surface area contributed by atoms with E-state index < -0.39 is 15.9 Å². The molecule has 1 aliphatic rings. The zero-order chi connectivity index (χ0) is 23.9. The minimum absolute atomic E-state index is 0.0611.